The Balaban J connectivity index is 2.21. The fourth-order valence-corrected chi connectivity index (χ4v) is 1.94. The van der Waals surface area contributed by atoms with Crippen molar-refractivity contribution in [1.82, 2.24) is 10.2 Å². The van der Waals surface area contributed by atoms with E-state index in [4.69, 9.17) is 4.74 Å². The molecule has 0 fully saturated rings. The molecule has 1 aromatic rings. The summed E-state index contributed by atoms with van der Waals surface area (Å²) in [5, 5.41) is 2.87. The highest BCUT2D eigenvalue weighted by molar-refractivity contribution is 5.78. The third-order valence-corrected chi connectivity index (χ3v) is 3.20. The van der Waals surface area contributed by atoms with Crippen molar-refractivity contribution < 1.29 is 14.3 Å². The molecule has 0 aliphatic rings. The zero-order valence-electron chi connectivity index (χ0n) is 12.8. The molecule has 21 heavy (non-hydrogen) atoms. The van der Waals surface area contributed by atoms with Crippen LogP contribution in [-0.2, 0) is 20.7 Å². The first kappa shape index (κ1) is 17.2. The van der Waals surface area contributed by atoms with E-state index in [1.165, 1.54) is 12.5 Å². The van der Waals surface area contributed by atoms with Crippen LogP contribution < -0.4 is 5.32 Å². The molecule has 116 valence electrons. The topological polar surface area (TPSA) is 58.6 Å². The van der Waals surface area contributed by atoms with Gasteiger partial charge >= 0.3 is 0 Å². The highest BCUT2D eigenvalue weighted by Gasteiger charge is 2.10. The van der Waals surface area contributed by atoms with Crippen LogP contribution in [0.4, 0.5) is 0 Å². The van der Waals surface area contributed by atoms with Crippen molar-refractivity contribution in [2.24, 2.45) is 0 Å². The summed E-state index contributed by atoms with van der Waals surface area (Å²) in [5.41, 5.74) is 1.20. The number of hydrogen-bond acceptors (Lipinski definition) is 3. The molecule has 1 rings (SSSR count). The summed E-state index contributed by atoms with van der Waals surface area (Å²) in [6.45, 7) is 3.54. The number of methoxy groups -OCH3 is 1. The predicted molar refractivity (Wildman–Crippen MR) is 81.9 cm³/mol. The zero-order chi connectivity index (χ0) is 15.5. The lowest BCUT2D eigenvalue weighted by atomic mass is 10.1. The lowest BCUT2D eigenvalue weighted by Crippen LogP contribution is -2.36. The molecule has 1 aromatic carbocycles. The van der Waals surface area contributed by atoms with Crippen LogP contribution in [0, 0.1) is 0 Å². The van der Waals surface area contributed by atoms with Crippen molar-refractivity contribution >= 4 is 11.8 Å². The lowest BCUT2D eigenvalue weighted by molar-refractivity contribution is -0.130. The number of hydrogen-bond donors (Lipinski definition) is 1. The minimum absolute atomic E-state index is 0.0328. The number of ether oxygens (including phenoxy) is 1. The van der Waals surface area contributed by atoms with Gasteiger partial charge in [-0.3, -0.25) is 9.59 Å². The third kappa shape index (κ3) is 7.46. The van der Waals surface area contributed by atoms with Gasteiger partial charge in [0.1, 0.15) is 0 Å². The van der Waals surface area contributed by atoms with Gasteiger partial charge in [-0.15, -0.1) is 0 Å². The quantitative estimate of drug-likeness (QED) is 0.745. The first-order chi connectivity index (χ1) is 10.1. The molecule has 0 saturated carbocycles. The highest BCUT2D eigenvalue weighted by atomic mass is 16.5. The van der Waals surface area contributed by atoms with E-state index < -0.39 is 0 Å². The van der Waals surface area contributed by atoms with Gasteiger partial charge in [-0.1, -0.05) is 30.3 Å². The van der Waals surface area contributed by atoms with Crippen LogP contribution >= 0.6 is 0 Å². The maximum absolute atomic E-state index is 11.8. The van der Waals surface area contributed by atoms with Crippen LogP contribution in [0.25, 0.3) is 0 Å². The largest absolute Gasteiger partial charge is 0.383 e. The van der Waals surface area contributed by atoms with Crippen LogP contribution in [0.15, 0.2) is 30.3 Å². The molecular weight excluding hydrogens is 268 g/mol. The molecule has 0 spiro atoms. The fourth-order valence-electron chi connectivity index (χ4n) is 1.94. The van der Waals surface area contributed by atoms with Crippen molar-refractivity contribution in [2.45, 2.75) is 19.8 Å². The predicted octanol–water partition coefficient (Wildman–Crippen LogP) is 1.23. The van der Waals surface area contributed by atoms with E-state index in [1.54, 1.807) is 12.0 Å². The third-order valence-electron chi connectivity index (χ3n) is 3.20. The van der Waals surface area contributed by atoms with Crippen LogP contribution in [0.1, 0.15) is 18.9 Å². The van der Waals surface area contributed by atoms with Gasteiger partial charge in [0, 0.05) is 40.1 Å². The van der Waals surface area contributed by atoms with Gasteiger partial charge in [0.25, 0.3) is 0 Å². The number of amides is 2. The number of nitrogens with zero attached hydrogens (tertiary/aromatic N) is 1. The Morgan fingerprint density at radius 2 is 1.90 bits per heavy atom. The summed E-state index contributed by atoms with van der Waals surface area (Å²) in [6.07, 6.45) is 1.13. The van der Waals surface area contributed by atoms with Crippen LogP contribution in [0.2, 0.25) is 0 Å². The van der Waals surface area contributed by atoms with Gasteiger partial charge < -0.3 is 15.0 Å². The Morgan fingerprint density at radius 3 is 2.52 bits per heavy atom. The first-order valence-corrected chi connectivity index (χ1v) is 7.18. The maximum atomic E-state index is 11.8. The van der Waals surface area contributed by atoms with Gasteiger partial charge in [0.05, 0.1) is 6.61 Å². The van der Waals surface area contributed by atoms with E-state index in [-0.39, 0.29) is 11.8 Å². The van der Waals surface area contributed by atoms with E-state index >= 15 is 0 Å². The Morgan fingerprint density at radius 1 is 1.19 bits per heavy atom. The highest BCUT2D eigenvalue weighted by Crippen LogP contribution is 1.98. The molecule has 0 aromatic heterocycles. The van der Waals surface area contributed by atoms with Crippen LogP contribution in [0.5, 0.6) is 0 Å². The number of carbonyl (C=O) groups is 2. The van der Waals surface area contributed by atoms with E-state index in [2.05, 4.69) is 5.32 Å². The SMILES string of the molecule is COCCN(CCC(=O)NCCc1ccccc1)C(C)=O. The molecular formula is C16H24N2O3. The van der Waals surface area contributed by atoms with Crippen LogP contribution in [-0.4, -0.2) is 50.1 Å². The summed E-state index contributed by atoms with van der Waals surface area (Å²) >= 11 is 0. The van der Waals surface area contributed by atoms with Crippen molar-refractivity contribution in [3.05, 3.63) is 35.9 Å². The van der Waals surface area contributed by atoms with Gasteiger partial charge in [0.15, 0.2) is 0 Å². The Bertz CT molecular complexity index is 434. The molecule has 0 atom stereocenters. The molecule has 5 heteroatoms. The summed E-state index contributed by atoms with van der Waals surface area (Å²) in [7, 11) is 1.59. The Hall–Kier alpha value is -1.88. The molecule has 2 amide bonds. The molecule has 0 aliphatic heterocycles. The molecule has 0 radical (unpaired) electrons. The van der Waals surface area contributed by atoms with E-state index in [9.17, 15) is 9.59 Å². The molecule has 0 saturated heterocycles. The number of nitrogens with one attached hydrogen (secondary N) is 1. The molecule has 0 heterocycles. The molecule has 0 aliphatic carbocycles. The fraction of sp³-hybridized carbons (Fsp3) is 0.500. The van der Waals surface area contributed by atoms with Gasteiger partial charge in [0.2, 0.25) is 11.8 Å². The maximum Gasteiger partial charge on any atom is 0.221 e. The first-order valence-electron chi connectivity index (χ1n) is 7.18. The minimum atomic E-state index is -0.0378. The summed E-state index contributed by atoms with van der Waals surface area (Å²) < 4.78 is 4.95. The number of benzene rings is 1. The standard InChI is InChI=1S/C16H24N2O3/c1-14(19)18(12-13-21-2)11-9-16(20)17-10-8-15-6-4-3-5-7-15/h3-7H,8-13H2,1-2H3,(H,17,20). The van der Waals surface area contributed by atoms with Crippen molar-refractivity contribution in [1.29, 1.82) is 0 Å². The van der Waals surface area contributed by atoms with Gasteiger partial charge in [-0.25, -0.2) is 0 Å². The smallest absolute Gasteiger partial charge is 0.221 e. The second-order valence-electron chi connectivity index (χ2n) is 4.83. The Kier molecular flexibility index (Phi) is 8.12. The van der Waals surface area contributed by atoms with Gasteiger partial charge in [-0.2, -0.15) is 0 Å². The van der Waals surface area contributed by atoms with Gasteiger partial charge in [-0.05, 0) is 12.0 Å². The van der Waals surface area contributed by atoms with Crippen LogP contribution in [0.3, 0.4) is 0 Å². The second-order valence-corrected chi connectivity index (χ2v) is 4.83. The lowest BCUT2D eigenvalue weighted by Gasteiger charge is -2.20. The number of rotatable bonds is 9. The van der Waals surface area contributed by atoms with Crippen molar-refractivity contribution in [2.75, 3.05) is 33.4 Å². The zero-order valence-corrected chi connectivity index (χ0v) is 12.8. The summed E-state index contributed by atoms with van der Waals surface area (Å²) in [5.74, 6) is -0.0706. The number of carbonyl (C=O) groups excluding carboxylic acids is 2. The normalized spacial score (nSPS) is 10.2. The molecule has 1 N–H and O–H groups in total. The van der Waals surface area contributed by atoms with E-state index in [0.29, 0.717) is 32.7 Å². The summed E-state index contributed by atoms with van der Waals surface area (Å²) in [6, 6.07) is 10.0. The molecule has 5 nitrogen and oxygen atoms in total. The van der Waals surface area contributed by atoms with E-state index in [0.717, 1.165) is 6.42 Å². The average Bonchev–Trinajstić information content (AvgIpc) is 2.48. The minimum Gasteiger partial charge on any atom is -0.383 e. The molecule has 0 unspecified atom stereocenters. The monoisotopic (exact) mass is 292 g/mol. The Labute approximate surface area is 126 Å². The average molecular weight is 292 g/mol. The van der Waals surface area contributed by atoms with Crippen molar-refractivity contribution in [3.63, 3.8) is 0 Å². The van der Waals surface area contributed by atoms with E-state index in [1.807, 2.05) is 30.3 Å². The summed E-state index contributed by atoms with van der Waals surface area (Å²) in [4.78, 5) is 24.8. The van der Waals surface area contributed by atoms with Crippen molar-refractivity contribution in [3.8, 4) is 0 Å². The molecule has 0 bridgehead atoms. The second kappa shape index (κ2) is 9.94.